The fraction of sp³-hybridized carbons (Fsp3) is 0.227. The highest BCUT2D eigenvalue weighted by Gasteiger charge is 2.22. The molecule has 154 valence electrons. The van der Waals surface area contributed by atoms with Crippen molar-refractivity contribution in [1.29, 1.82) is 0 Å². The van der Waals surface area contributed by atoms with E-state index in [0.717, 1.165) is 10.9 Å². The van der Waals surface area contributed by atoms with Gasteiger partial charge in [0.1, 0.15) is 23.7 Å². The predicted octanol–water partition coefficient (Wildman–Crippen LogP) is 3.59. The molecule has 0 fully saturated rings. The molecule has 0 atom stereocenters. The van der Waals surface area contributed by atoms with Crippen LogP contribution in [0, 0.1) is 0 Å². The zero-order valence-corrected chi connectivity index (χ0v) is 16.9. The van der Waals surface area contributed by atoms with E-state index in [1.165, 1.54) is 6.07 Å². The Morgan fingerprint density at radius 1 is 1.07 bits per heavy atom. The summed E-state index contributed by atoms with van der Waals surface area (Å²) in [6, 6.07) is 10.6. The van der Waals surface area contributed by atoms with E-state index in [-0.39, 0.29) is 29.7 Å². The summed E-state index contributed by atoms with van der Waals surface area (Å²) in [6.45, 7) is 3.86. The lowest BCUT2D eigenvalue weighted by Gasteiger charge is -2.14. The van der Waals surface area contributed by atoms with Gasteiger partial charge < -0.3 is 19.9 Å². The van der Waals surface area contributed by atoms with Gasteiger partial charge in [-0.1, -0.05) is 13.8 Å². The Hall–Kier alpha value is -3.81. The largest absolute Gasteiger partial charge is 0.508 e. The van der Waals surface area contributed by atoms with Gasteiger partial charge in [0.15, 0.2) is 5.82 Å². The number of hydrogen-bond acceptors (Lipinski definition) is 5. The highest BCUT2D eigenvalue weighted by Crippen LogP contribution is 2.38. The average molecular weight is 406 g/mol. The number of carboxylic acid groups (broad SMARTS) is 1. The minimum absolute atomic E-state index is 0.00576. The standard InChI is InChI=1S/C22H22N4O4/c1-12(2)15-9-16(19(28)10-18(15)27)22-24-23-20(11-21(29)30)26(22)14-4-5-17-13(8-14)6-7-25(17)3/h4-10,12,27-28H,11H2,1-3H3,(H,29,30). The first-order valence-corrected chi connectivity index (χ1v) is 9.54. The lowest BCUT2D eigenvalue weighted by Crippen LogP contribution is -2.09. The Balaban J connectivity index is 1.97. The van der Waals surface area contributed by atoms with Crippen LogP contribution in [0.15, 0.2) is 42.6 Å². The van der Waals surface area contributed by atoms with Crippen molar-refractivity contribution in [2.24, 2.45) is 7.05 Å². The van der Waals surface area contributed by atoms with Crippen molar-refractivity contribution in [3.8, 4) is 28.6 Å². The first-order chi connectivity index (χ1) is 14.3. The molecule has 0 spiro atoms. The van der Waals surface area contributed by atoms with E-state index < -0.39 is 5.97 Å². The Labute approximate surface area is 172 Å². The number of phenols is 2. The van der Waals surface area contributed by atoms with Crippen LogP contribution in [0.25, 0.3) is 28.0 Å². The number of carboxylic acids is 1. The normalized spacial score (nSPS) is 11.5. The molecule has 30 heavy (non-hydrogen) atoms. The second-order valence-electron chi connectivity index (χ2n) is 7.60. The van der Waals surface area contributed by atoms with Crippen molar-refractivity contribution in [2.75, 3.05) is 0 Å². The number of carbonyl (C=O) groups is 1. The molecule has 0 aliphatic heterocycles. The molecule has 8 nitrogen and oxygen atoms in total. The van der Waals surface area contributed by atoms with Gasteiger partial charge in [-0.2, -0.15) is 0 Å². The number of benzene rings is 2. The maximum Gasteiger partial charge on any atom is 0.311 e. The molecule has 0 aliphatic carbocycles. The number of nitrogens with zero attached hydrogens (tertiary/aromatic N) is 4. The molecule has 2 aromatic carbocycles. The number of fused-ring (bicyclic) bond motifs is 1. The van der Waals surface area contributed by atoms with Crippen LogP contribution in [0.4, 0.5) is 0 Å². The fourth-order valence-corrected chi connectivity index (χ4v) is 3.66. The van der Waals surface area contributed by atoms with E-state index >= 15 is 0 Å². The summed E-state index contributed by atoms with van der Waals surface area (Å²) in [5.74, 6) is -0.636. The van der Waals surface area contributed by atoms with Crippen LogP contribution >= 0.6 is 0 Å². The topological polar surface area (TPSA) is 113 Å². The van der Waals surface area contributed by atoms with E-state index in [1.807, 2.05) is 55.9 Å². The number of aromatic nitrogens is 4. The smallest absolute Gasteiger partial charge is 0.311 e. The predicted molar refractivity (Wildman–Crippen MR) is 112 cm³/mol. The van der Waals surface area contributed by atoms with Gasteiger partial charge in [0.2, 0.25) is 0 Å². The second kappa shape index (κ2) is 7.22. The number of aryl methyl sites for hydroxylation is 1. The van der Waals surface area contributed by atoms with Crippen LogP contribution in [0.5, 0.6) is 11.5 Å². The van der Waals surface area contributed by atoms with Crippen molar-refractivity contribution in [3.63, 3.8) is 0 Å². The van der Waals surface area contributed by atoms with Crippen LogP contribution < -0.4 is 0 Å². The van der Waals surface area contributed by atoms with E-state index in [0.29, 0.717) is 22.6 Å². The van der Waals surface area contributed by atoms with Gasteiger partial charge in [0.05, 0.1) is 5.56 Å². The molecule has 0 bridgehead atoms. The van der Waals surface area contributed by atoms with E-state index in [2.05, 4.69) is 10.2 Å². The van der Waals surface area contributed by atoms with Crippen molar-refractivity contribution >= 4 is 16.9 Å². The molecule has 0 saturated heterocycles. The quantitative estimate of drug-likeness (QED) is 0.467. The zero-order chi connectivity index (χ0) is 21.6. The number of aliphatic carboxylic acids is 1. The summed E-state index contributed by atoms with van der Waals surface area (Å²) in [7, 11) is 1.95. The Kier molecular flexibility index (Phi) is 4.69. The summed E-state index contributed by atoms with van der Waals surface area (Å²) in [5, 5.41) is 39.3. The minimum Gasteiger partial charge on any atom is -0.508 e. The van der Waals surface area contributed by atoms with Crippen LogP contribution in [0.1, 0.15) is 31.2 Å². The van der Waals surface area contributed by atoms with Crippen LogP contribution in [-0.2, 0) is 18.3 Å². The van der Waals surface area contributed by atoms with Crippen LogP contribution in [0.2, 0.25) is 0 Å². The van der Waals surface area contributed by atoms with Crippen molar-refractivity contribution < 1.29 is 20.1 Å². The third kappa shape index (κ3) is 3.26. The van der Waals surface area contributed by atoms with Crippen molar-refractivity contribution in [2.45, 2.75) is 26.2 Å². The monoisotopic (exact) mass is 406 g/mol. The summed E-state index contributed by atoms with van der Waals surface area (Å²) in [4.78, 5) is 11.4. The number of aromatic hydroxyl groups is 2. The first kappa shape index (κ1) is 19.5. The van der Waals surface area contributed by atoms with Gasteiger partial charge in [0, 0.05) is 35.9 Å². The van der Waals surface area contributed by atoms with Crippen LogP contribution in [-0.4, -0.2) is 40.6 Å². The Bertz CT molecular complexity index is 1270. The van der Waals surface area contributed by atoms with Crippen molar-refractivity contribution in [1.82, 2.24) is 19.3 Å². The van der Waals surface area contributed by atoms with Crippen molar-refractivity contribution in [3.05, 3.63) is 54.0 Å². The molecule has 8 heteroatoms. The average Bonchev–Trinajstić information content (AvgIpc) is 3.24. The fourth-order valence-electron chi connectivity index (χ4n) is 3.66. The maximum absolute atomic E-state index is 11.4. The summed E-state index contributed by atoms with van der Waals surface area (Å²) >= 11 is 0. The van der Waals surface area contributed by atoms with E-state index in [9.17, 15) is 20.1 Å². The SMILES string of the molecule is CC(C)c1cc(-c2nnc(CC(=O)O)n2-c2ccc3c(ccn3C)c2)c(O)cc1O. The molecule has 4 aromatic rings. The van der Waals surface area contributed by atoms with Gasteiger partial charge >= 0.3 is 5.97 Å². The minimum atomic E-state index is -1.03. The van der Waals surface area contributed by atoms with E-state index in [1.54, 1.807) is 10.6 Å². The summed E-state index contributed by atoms with van der Waals surface area (Å²) in [5.41, 5.74) is 2.73. The van der Waals surface area contributed by atoms with Gasteiger partial charge in [-0.15, -0.1) is 10.2 Å². The third-order valence-corrected chi connectivity index (χ3v) is 5.17. The zero-order valence-electron chi connectivity index (χ0n) is 16.9. The molecular weight excluding hydrogens is 384 g/mol. The molecule has 4 rings (SSSR count). The van der Waals surface area contributed by atoms with Crippen LogP contribution in [0.3, 0.4) is 0 Å². The molecule has 0 radical (unpaired) electrons. The lowest BCUT2D eigenvalue weighted by atomic mass is 9.98. The molecular formula is C22H22N4O4. The third-order valence-electron chi connectivity index (χ3n) is 5.17. The second-order valence-corrected chi connectivity index (χ2v) is 7.60. The van der Waals surface area contributed by atoms with Gasteiger partial charge in [-0.05, 0) is 41.8 Å². The molecule has 3 N–H and O–H groups in total. The Morgan fingerprint density at radius 3 is 2.53 bits per heavy atom. The summed E-state index contributed by atoms with van der Waals surface area (Å²) in [6.07, 6.45) is 1.62. The van der Waals surface area contributed by atoms with Gasteiger partial charge in [-0.25, -0.2) is 0 Å². The molecule has 2 aromatic heterocycles. The highest BCUT2D eigenvalue weighted by molar-refractivity contribution is 5.83. The molecule has 0 amide bonds. The number of hydrogen-bond donors (Lipinski definition) is 3. The van der Waals surface area contributed by atoms with Gasteiger partial charge in [-0.3, -0.25) is 9.36 Å². The summed E-state index contributed by atoms with van der Waals surface area (Å²) < 4.78 is 3.63. The number of rotatable bonds is 5. The highest BCUT2D eigenvalue weighted by atomic mass is 16.4. The van der Waals surface area contributed by atoms with Gasteiger partial charge in [0.25, 0.3) is 0 Å². The number of phenolic OH excluding ortho intramolecular Hbond substituents is 2. The maximum atomic E-state index is 11.4. The lowest BCUT2D eigenvalue weighted by molar-refractivity contribution is -0.136. The molecule has 0 unspecified atom stereocenters. The Morgan fingerprint density at radius 2 is 1.83 bits per heavy atom. The molecule has 0 aliphatic rings. The molecule has 2 heterocycles. The van der Waals surface area contributed by atoms with E-state index in [4.69, 9.17) is 0 Å². The first-order valence-electron chi connectivity index (χ1n) is 9.54. The molecule has 0 saturated carbocycles.